The van der Waals surface area contributed by atoms with E-state index in [0.717, 1.165) is 5.56 Å². The van der Waals surface area contributed by atoms with Crippen molar-refractivity contribution in [3.8, 4) is 0 Å². The summed E-state index contributed by atoms with van der Waals surface area (Å²) in [5, 5.41) is 12.3. The lowest BCUT2D eigenvalue weighted by molar-refractivity contribution is 0.102. The van der Waals surface area contributed by atoms with Crippen LogP contribution in [0, 0.1) is 0 Å². The van der Waals surface area contributed by atoms with E-state index >= 15 is 0 Å². The van der Waals surface area contributed by atoms with Crippen LogP contribution in [0.5, 0.6) is 0 Å². The summed E-state index contributed by atoms with van der Waals surface area (Å²) in [6, 6.07) is 7.03. The van der Waals surface area contributed by atoms with Gasteiger partial charge in [0.15, 0.2) is 11.5 Å². The van der Waals surface area contributed by atoms with Crippen molar-refractivity contribution in [2.75, 3.05) is 5.32 Å². The average Bonchev–Trinajstić information content (AvgIpc) is 3.22. The molecule has 0 fully saturated rings. The standard InChI is InChI=1S/C17H11Cl3N6O/c18-12-3-2-10(6-13(12)19)8-25-9-14(20)15(24-25)23-17(27)11-7-22-26-5-1-4-21-16(11)26/h1-7,9H,8H2,(H,23,24,27). The van der Waals surface area contributed by atoms with Crippen molar-refractivity contribution in [1.82, 2.24) is 24.4 Å². The van der Waals surface area contributed by atoms with E-state index in [1.165, 1.54) is 10.7 Å². The molecule has 4 rings (SSSR count). The van der Waals surface area contributed by atoms with Crippen LogP contribution in [0.15, 0.2) is 49.1 Å². The molecule has 1 N–H and O–H groups in total. The van der Waals surface area contributed by atoms with E-state index in [4.69, 9.17) is 34.8 Å². The molecule has 0 bridgehead atoms. The molecule has 3 heterocycles. The lowest BCUT2D eigenvalue weighted by Gasteiger charge is -2.04. The number of hydrogen-bond acceptors (Lipinski definition) is 4. The summed E-state index contributed by atoms with van der Waals surface area (Å²) < 4.78 is 3.12. The van der Waals surface area contributed by atoms with Crippen LogP contribution in [-0.2, 0) is 6.54 Å². The second kappa shape index (κ2) is 7.19. The second-order valence-electron chi connectivity index (χ2n) is 5.67. The molecule has 0 unspecified atom stereocenters. The highest BCUT2D eigenvalue weighted by Crippen LogP contribution is 2.25. The lowest BCUT2D eigenvalue weighted by Crippen LogP contribution is -2.13. The number of amides is 1. The molecule has 136 valence electrons. The number of nitrogens with zero attached hydrogens (tertiary/aromatic N) is 5. The lowest BCUT2D eigenvalue weighted by atomic mass is 10.2. The zero-order valence-electron chi connectivity index (χ0n) is 13.6. The minimum Gasteiger partial charge on any atom is -0.304 e. The highest BCUT2D eigenvalue weighted by Gasteiger charge is 2.17. The van der Waals surface area contributed by atoms with Gasteiger partial charge in [-0.15, -0.1) is 0 Å². The summed E-state index contributed by atoms with van der Waals surface area (Å²) in [4.78, 5) is 16.7. The van der Waals surface area contributed by atoms with Crippen molar-refractivity contribution in [1.29, 1.82) is 0 Å². The Bertz CT molecular complexity index is 1150. The summed E-state index contributed by atoms with van der Waals surface area (Å²) in [7, 11) is 0. The molecule has 0 radical (unpaired) electrons. The summed E-state index contributed by atoms with van der Waals surface area (Å²) >= 11 is 18.2. The van der Waals surface area contributed by atoms with Crippen molar-refractivity contribution in [3.63, 3.8) is 0 Å². The zero-order chi connectivity index (χ0) is 19.0. The van der Waals surface area contributed by atoms with Gasteiger partial charge in [0.25, 0.3) is 5.91 Å². The van der Waals surface area contributed by atoms with E-state index < -0.39 is 5.91 Å². The van der Waals surface area contributed by atoms with Crippen molar-refractivity contribution in [2.24, 2.45) is 0 Å². The minimum atomic E-state index is -0.398. The molecule has 0 aliphatic rings. The van der Waals surface area contributed by atoms with Crippen LogP contribution >= 0.6 is 34.8 Å². The molecule has 1 amide bonds. The summed E-state index contributed by atoms with van der Waals surface area (Å²) in [6.45, 7) is 0.421. The maximum Gasteiger partial charge on any atom is 0.262 e. The number of halogens is 3. The average molecular weight is 422 g/mol. The molecule has 27 heavy (non-hydrogen) atoms. The molecule has 3 aromatic heterocycles. The Balaban J connectivity index is 1.54. The fraction of sp³-hybridized carbons (Fsp3) is 0.0588. The maximum absolute atomic E-state index is 12.5. The van der Waals surface area contributed by atoms with Gasteiger partial charge in [-0.2, -0.15) is 10.2 Å². The van der Waals surface area contributed by atoms with Crippen LogP contribution in [0.1, 0.15) is 15.9 Å². The molecule has 1 aromatic carbocycles. The van der Waals surface area contributed by atoms with Gasteiger partial charge in [-0.1, -0.05) is 40.9 Å². The first-order valence-corrected chi connectivity index (χ1v) is 8.91. The van der Waals surface area contributed by atoms with E-state index in [1.807, 2.05) is 6.07 Å². The second-order valence-corrected chi connectivity index (χ2v) is 6.89. The number of hydrogen-bond donors (Lipinski definition) is 1. The number of carbonyl (C=O) groups is 1. The van der Waals surface area contributed by atoms with Gasteiger partial charge < -0.3 is 5.32 Å². The van der Waals surface area contributed by atoms with Gasteiger partial charge in [0, 0.05) is 18.6 Å². The van der Waals surface area contributed by atoms with E-state index in [0.29, 0.717) is 32.8 Å². The number of benzene rings is 1. The molecule has 0 aliphatic heterocycles. The zero-order valence-corrected chi connectivity index (χ0v) is 15.9. The SMILES string of the molecule is O=C(Nc1nn(Cc2ccc(Cl)c(Cl)c2)cc1Cl)c1cnn2cccnc12. The number of anilines is 1. The topological polar surface area (TPSA) is 77.1 Å². The van der Waals surface area contributed by atoms with E-state index in [1.54, 1.807) is 41.5 Å². The maximum atomic E-state index is 12.5. The third-order valence-electron chi connectivity index (χ3n) is 3.80. The molecule has 10 heteroatoms. The van der Waals surface area contributed by atoms with Crippen LogP contribution in [0.4, 0.5) is 5.82 Å². The minimum absolute atomic E-state index is 0.247. The van der Waals surface area contributed by atoms with Crippen LogP contribution in [0.2, 0.25) is 15.1 Å². The van der Waals surface area contributed by atoms with Gasteiger partial charge in [0.2, 0.25) is 0 Å². The van der Waals surface area contributed by atoms with Crippen molar-refractivity contribution in [2.45, 2.75) is 6.54 Å². The molecule has 7 nitrogen and oxygen atoms in total. The number of fused-ring (bicyclic) bond motifs is 1. The van der Waals surface area contributed by atoms with Gasteiger partial charge in [0.05, 0.1) is 22.8 Å². The fourth-order valence-corrected chi connectivity index (χ4v) is 3.07. The predicted molar refractivity (Wildman–Crippen MR) is 104 cm³/mol. The van der Waals surface area contributed by atoms with E-state index in [-0.39, 0.29) is 5.82 Å². The smallest absolute Gasteiger partial charge is 0.262 e. The Hall–Kier alpha value is -2.61. The van der Waals surface area contributed by atoms with Gasteiger partial charge in [-0.3, -0.25) is 9.48 Å². The first-order chi connectivity index (χ1) is 13.0. The molecular weight excluding hydrogens is 411 g/mol. The normalized spacial score (nSPS) is 11.1. The Morgan fingerprint density at radius 3 is 2.81 bits per heavy atom. The molecule has 0 saturated carbocycles. The summed E-state index contributed by atoms with van der Waals surface area (Å²) in [5.41, 5.74) is 1.67. The van der Waals surface area contributed by atoms with Gasteiger partial charge >= 0.3 is 0 Å². The first-order valence-electron chi connectivity index (χ1n) is 7.78. The largest absolute Gasteiger partial charge is 0.304 e. The Labute approximate surface area is 168 Å². The van der Waals surface area contributed by atoms with Gasteiger partial charge in [-0.05, 0) is 23.8 Å². The van der Waals surface area contributed by atoms with Crippen molar-refractivity contribution >= 4 is 52.2 Å². The third-order valence-corrected chi connectivity index (χ3v) is 4.82. The van der Waals surface area contributed by atoms with Gasteiger partial charge in [0.1, 0.15) is 10.6 Å². The molecule has 4 aromatic rings. The molecule has 0 saturated heterocycles. The Kier molecular flexibility index (Phi) is 4.73. The van der Waals surface area contributed by atoms with Crippen LogP contribution in [-0.4, -0.2) is 30.3 Å². The summed E-state index contributed by atoms with van der Waals surface area (Å²) in [6.07, 6.45) is 6.36. The fourth-order valence-electron chi connectivity index (χ4n) is 2.55. The molecule has 0 aliphatic carbocycles. The Morgan fingerprint density at radius 2 is 2.00 bits per heavy atom. The number of carbonyl (C=O) groups excluding carboxylic acids is 1. The molecular formula is C17H11Cl3N6O. The van der Waals surface area contributed by atoms with Gasteiger partial charge in [-0.25, -0.2) is 9.50 Å². The molecule has 0 atom stereocenters. The van der Waals surface area contributed by atoms with E-state index in [2.05, 4.69) is 20.5 Å². The summed E-state index contributed by atoms with van der Waals surface area (Å²) in [5.74, 6) is -0.151. The van der Waals surface area contributed by atoms with Crippen LogP contribution < -0.4 is 5.32 Å². The highest BCUT2D eigenvalue weighted by molar-refractivity contribution is 6.42. The first kappa shape index (κ1) is 17.8. The number of aromatic nitrogens is 5. The third kappa shape index (κ3) is 3.62. The number of rotatable bonds is 4. The predicted octanol–water partition coefficient (Wildman–Crippen LogP) is 4.19. The monoisotopic (exact) mass is 420 g/mol. The highest BCUT2D eigenvalue weighted by atomic mass is 35.5. The van der Waals surface area contributed by atoms with E-state index in [9.17, 15) is 4.79 Å². The van der Waals surface area contributed by atoms with Crippen molar-refractivity contribution < 1.29 is 4.79 Å². The quantitative estimate of drug-likeness (QED) is 0.536. The van der Waals surface area contributed by atoms with Crippen LogP contribution in [0.25, 0.3) is 5.65 Å². The Morgan fingerprint density at radius 1 is 1.15 bits per heavy atom. The van der Waals surface area contributed by atoms with Crippen molar-refractivity contribution in [3.05, 3.63) is 75.2 Å². The van der Waals surface area contributed by atoms with Crippen LogP contribution in [0.3, 0.4) is 0 Å². The number of nitrogens with one attached hydrogen (secondary N) is 1. The molecule has 0 spiro atoms.